The third-order valence-corrected chi connectivity index (χ3v) is 7.36. The van der Waals surface area contributed by atoms with Gasteiger partial charge in [0, 0.05) is 0 Å². The molecule has 0 radical (unpaired) electrons. The number of sulfonamides is 1. The minimum atomic E-state index is -4.08. The number of hydrogen-bond donors (Lipinski definition) is 2. The molecule has 192 valence electrons. The van der Waals surface area contributed by atoms with E-state index in [9.17, 15) is 13.2 Å². The minimum absolute atomic E-state index is 0.0768. The summed E-state index contributed by atoms with van der Waals surface area (Å²) in [4.78, 5) is 13.3. The molecule has 2 N–H and O–H groups in total. The molecule has 8 nitrogen and oxygen atoms in total. The summed E-state index contributed by atoms with van der Waals surface area (Å²) >= 11 is 6.13. The quantitative estimate of drug-likeness (QED) is 0.385. The zero-order chi connectivity index (χ0) is 26.3. The van der Waals surface area contributed by atoms with Crippen molar-refractivity contribution in [1.29, 1.82) is 0 Å². The highest BCUT2D eigenvalue weighted by molar-refractivity contribution is 7.89. The lowest BCUT2D eigenvalue weighted by molar-refractivity contribution is -0.123. The molecule has 2 atom stereocenters. The van der Waals surface area contributed by atoms with Gasteiger partial charge in [-0.1, -0.05) is 48.0 Å². The Labute approximate surface area is 216 Å². The van der Waals surface area contributed by atoms with Crippen molar-refractivity contribution in [3.8, 4) is 17.2 Å². The number of hydrogen-bond acceptors (Lipinski definition) is 6. The molecular weight excluding hydrogens is 504 g/mol. The molecule has 0 saturated heterocycles. The zero-order valence-electron chi connectivity index (χ0n) is 20.4. The van der Waals surface area contributed by atoms with E-state index in [0.29, 0.717) is 17.2 Å². The number of ether oxygens (including phenoxy) is 3. The second-order valence-electron chi connectivity index (χ2n) is 8.00. The Morgan fingerprint density at radius 2 is 1.53 bits per heavy atom. The fourth-order valence-corrected chi connectivity index (χ4v) is 5.17. The molecule has 1 amide bonds. The summed E-state index contributed by atoms with van der Waals surface area (Å²) < 4.78 is 44.6. The van der Waals surface area contributed by atoms with Gasteiger partial charge >= 0.3 is 0 Å². The van der Waals surface area contributed by atoms with Crippen molar-refractivity contribution in [2.45, 2.75) is 30.3 Å². The van der Waals surface area contributed by atoms with Gasteiger partial charge in [0.05, 0.1) is 37.3 Å². The molecule has 0 aromatic heterocycles. The van der Waals surface area contributed by atoms with Crippen LogP contribution < -0.4 is 24.2 Å². The van der Waals surface area contributed by atoms with Gasteiger partial charge < -0.3 is 19.5 Å². The van der Waals surface area contributed by atoms with Crippen molar-refractivity contribution in [3.05, 3.63) is 82.9 Å². The highest BCUT2D eigenvalue weighted by atomic mass is 35.5. The van der Waals surface area contributed by atoms with E-state index in [1.165, 1.54) is 32.4 Å². The van der Waals surface area contributed by atoms with Crippen molar-refractivity contribution in [2.75, 3.05) is 21.3 Å². The van der Waals surface area contributed by atoms with Crippen LogP contribution in [0.25, 0.3) is 0 Å². The Kier molecular flexibility index (Phi) is 9.19. The van der Waals surface area contributed by atoms with E-state index in [1.807, 2.05) is 36.4 Å². The third-order valence-electron chi connectivity index (χ3n) is 5.60. The number of amides is 1. The third kappa shape index (κ3) is 6.69. The average molecular weight is 533 g/mol. The Hall–Kier alpha value is -3.27. The average Bonchev–Trinajstić information content (AvgIpc) is 2.88. The molecule has 0 unspecified atom stereocenters. The van der Waals surface area contributed by atoms with E-state index >= 15 is 0 Å². The largest absolute Gasteiger partial charge is 0.495 e. The van der Waals surface area contributed by atoms with Crippen molar-refractivity contribution < 1.29 is 27.4 Å². The zero-order valence-corrected chi connectivity index (χ0v) is 22.0. The van der Waals surface area contributed by atoms with Crippen LogP contribution in [0.5, 0.6) is 17.2 Å². The molecule has 3 rings (SSSR count). The fraction of sp³-hybridized carbons (Fsp3) is 0.269. The molecular formula is C26H29ClN2O6S. The number of rotatable bonds is 11. The first-order chi connectivity index (χ1) is 17.2. The van der Waals surface area contributed by atoms with Crippen LogP contribution in [0, 0.1) is 0 Å². The normalized spacial score (nSPS) is 12.9. The predicted molar refractivity (Wildman–Crippen MR) is 138 cm³/mol. The summed E-state index contributed by atoms with van der Waals surface area (Å²) in [6.45, 7) is 1.80. The summed E-state index contributed by atoms with van der Waals surface area (Å²) in [6, 6.07) is 17.1. The molecule has 10 heteroatoms. The summed E-state index contributed by atoms with van der Waals surface area (Å²) in [5.41, 5.74) is 1.57. The maximum Gasteiger partial charge on any atom is 0.241 e. The van der Waals surface area contributed by atoms with Gasteiger partial charge in [-0.2, -0.15) is 4.72 Å². The lowest BCUT2D eigenvalue weighted by Gasteiger charge is -2.22. The van der Waals surface area contributed by atoms with E-state index in [1.54, 1.807) is 26.2 Å². The van der Waals surface area contributed by atoms with Crippen molar-refractivity contribution >= 4 is 27.5 Å². The van der Waals surface area contributed by atoms with Gasteiger partial charge in [-0.3, -0.25) is 4.79 Å². The van der Waals surface area contributed by atoms with Crippen LogP contribution in [0.4, 0.5) is 0 Å². The summed E-state index contributed by atoms with van der Waals surface area (Å²) in [5, 5.41) is 3.05. The van der Waals surface area contributed by atoms with E-state index in [4.69, 9.17) is 25.8 Å². The standard InChI is InChI=1S/C26H29ClN2O6S/c1-17(19-10-12-24(34-3)25(15-19)35-4)28-26(30)22(14-18-8-6-5-7-9-18)29-36(31,32)20-11-13-23(33-2)21(27)16-20/h5-13,15-17,22,29H,14H2,1-4H3,(H,28,30)/t17-,22-/m1/s1. The number of benzene rings is 3. The Morgan fingerprint density at radius 3 is 2.14 bits per heavy atom. The van der Waals surface area contributed by atoms with Gasteiger partial charge in [0.15, 0.2) is 11.5 Å². The van der Waals surface area contributed by atoms with Gasteiger partial charge in [0.25, 0.3) is 0 Å². The SMILES string of the molecule is COc1ccc(S(=O)(=O)N[C@H](Cc2ccccc2)C(=O)N[C@H](C)c2ccc(OC)c(OC)c2)cc1Cl. The summed E-state index contributed by atoms with van der Waals surface area (Å²) in [6.07, 6.45) is 0.147. The van der Waals surface area contributed by atoms with E-state index in [-0.39, 0.29) is 16.3 Å². The molecule has 0 fully saturated rings. The van der Waals surface area contributed by atoms with Gasteiger partial charge in [-0.15, -0.1) is 0 Å². The highest BCUT2D eigenvalue weighted by Crippen LogP contribution is 2.30. The van der Waals surface area contributed by atoms with Crippen molar-refractivity contribution in [3.63, 3.8) is 0 Å². The number of carbonyl (C=O) groups excluding carboxylic acids is 1. The maximum absolute atomic E-state index is 13.3. The topological polar surface area (TPSA) is 103 Å². The summed E-state index contributed by atoms with van der Waals surface area (Å²) in [5.74, 6) is 0.948. The summed E-state index contributed by atoms with van der Waals surface area (Å²) in [7, 11) is 0.428. The fourth-order valence-electron chi connectivity index (χ4n) is 3.63. The second-order valence-corrected chi connectivity index (χ2v) is 10.1. The number of nitrogens with one attached hydrogen (secondary N) is 2. The van der Waals surface area contributed by atoms with Crippen LogP contribution in [0.3, 0.4) is 0 Å². The first kappa shape index (κ1) is 27.3. The predicted octanol–water partition coefficient (Wildman–Crippen LogP) is 4.13. The van der Waals surface area contributed by atoms with E-state index < -0.39 is 28.0 Å². The first-order valence-corrected chi connectivity index (χ1v) is 13.0. The van der Waals surface area contributed by atoms with Crippen LogP contribution >= 0.6 is 11.6 Å². The Balaban J connectivity index is 1.86. The Bertz CT molecular complexity index is 1300. The van der Waals surface area contributed by atoms with Gasteiger partial charge in [-0.25, -0.2) is 8.42 Å². The smallest absolute Gasteiger partial charge is 0.241 e. The maximum atomic E-state index is 13.3. The van der Waals surface area contributed by atoms with E-state index in [2.05, 4.69) is 10.0 Å². The van der Waals surface area contributed by atoms with Crippen LogP contribution in [0.15, 0.2) is 71.6 Å². The minimum Gasteiger partial charge on any atom is -0.495 e. The molecule has 0 bridgehead atoms. The number of halogens is 1. The molecule has 0 aliphatic heterocycles. The van der Waals surface area contributed by atoms with Crippen LogP contribution in [0.2, 0.25) is 5.02 Å². The van der Waals surface area contributed by atoms with Crippen LogP contribution in [-0.2, 0) is 21.2 Å². The van der Waals surface area contributed by atoms with Crippen molar-refractivity contribution in [2.24, 2.45) is 0 Å². The first-order valence-electron chi connectivity index (χ1n) is 11.1. The molecule has 0 aliphatic carbocycles. The monoisotopic (exact) mass is 532 g/mol. The molecule has 0 heterocycles. The molecule has 0 spiro atoms. The highest BCUT2D eigenvalue weighted by Gasteiger charge is 2.28. The Morgan fingerprint density at radius 1 is 0.889 bits per heavy atom. The van der Waals surface area contributed by atoms with Crippen molar-refractivity contribution in [1.82, 2.24) is 10.0 Å². The lowest BCUT2D eigenvalue weighted by Crippen LogP contribution is -2.48. The molecule has 36 heavy (non-hydrogen) atoms. The molecule has 3 aromatic rings. The molecule has 0 saturated carbocycles. The van der Waals surface area contributed by atoms with Gasteiger partial charge in [0.1, 0.15) is 11.8 Å². The second kappa shape index (κ2) is 12.1. The number of carbonyl (C=O) groups is 1. The molecule has 3 aromatic carbocycles. The van der Waals surface area contributed by atoms with Crippen LogP contribution in [0.1, 0.15) is 24.1 Å². The van der Waals surface area contributed by atoms with Gasteiger partial charge in [0.2, 0.25) is 15.9 Å². The van der Waals surface area contributed by atoms with E-state index in [0.717, 1.165) is 11.1 Å². The number of methoxy groups -OCH3 is 3. The van der Waals surface area contributed by atoms with Crippen LogP contribution in [-0.4, -0.2) is 41.7 Å². The lowest BCUT2D eigenvalue weighted by atomic mass is 10.0. The van der Waals surface area contributed by atoms with Gasteiger partial charge in [-0.05, 0) is 54.8 Å². The molecule has 0 aliphatic rings.